The molecule has 0 spiro atoms. The third-order valence-corrected chi connectivity index (χ3v) is 2.97. The average Bonchev–Trinajstić information content (AvgIpc) is 2.61. The molecule has 0 atom stereocenters. The van der Waals surface area contributed by atoms with Crippen LogP contribution >= 0.6 is 15.9 Å². The van der Waals surface area contributed by atoms with Gasteiger partial charge in [0.15, 0.2) is 0 Å². The lowest BCUT2D eigenvalue weighted by Gasteiger charge is -2.13. The van der Waals surface area contributed by atoms with Crippen molar-refractivity contribution in [3.05, 3.63) is 40.9 Å². The quantitative estimate of drug-likeness (QED) is 0.813. The Kier molecular flexibility index (Phi) is 3.10. The van der Waals surface area contributed by atoms with Crippen LogP contribution in [-0.4, -0.2) is 9.55 Å². The van der Waals surface area contributed by atoms with Gasteiger partial charge in [-0.2, -0.15) is 0 Å². The van der Waals surface area contributed by atoms with E-state index in [9.17, 15) is 4.39 Å². The molecule has 0 radical (unpaired) electrons. The molecule has 1 heterocycles. The van der Waals surface area contributed by atoms with Crippen LogP contribution < -0.4 is 0 Å². The topological polar surface area (TPSA) is 17.8 Å². The Morgan fingerprint density at radius 2 is 2.00 bits per heavy atom. The normalized spacial score (nSPS) is 11.1. The van der Waals surface area contributed by atoms with Gasteiger partial charge in [-0.05, 0) is 41.9 Å². The minimum absolute atomic E-state index is 0.228. The van der Waals surface area contributed by atoms with Crippen molar-refractivity contribution in [2.75, 3.05) is 0 Å². The highest BCUT2D eigenvalue weighted by atomic mass is 79.9. The van der Waals surface area contributed by atoms with Gasteiger partial charge in [0.05, 0.1) is 11.8 Å². The van der Waals surface area contributed by atoms with Crippen molar-refractivity contribution < 1.29 is 4.39 Å². The van der Waals surface area contributed by atoms with Gasteiger partial charge in [-0.3, -0.25) is 0 Å². The van der Waals surface area contributed by atoms with E-state index < -0.39 is 0 Å². The third-order valence-electron chi connectivity index (χ3n) is 2.38. The molecule has 0 saturated carbocycles. The summed E-state index contributed by atoms with van der Waals surface area (Å²) in [5, 5.41) is 0. The summed E-state index contributed by atoms with van der Waals surface area (Å²) >= 11 is 3.42. The fourth-order valence-electron chi connectivity index (χ4n) is 1.67. The summed E-state index contributed by atoms with van der Waals surface area (Å²) in [6.07, 6.45) is 1.70. The van der Waals surface area contributed by atoms with Crippen LogP contribution in [0.4, 0.5) is 4.39 Å². The Morgan fingerprint density at radius 3 is 2.62 bits per heavy atom. The van der Waals surface area contributed by atoms with E-state index in [0.29, 0.717) is 11.4 Å². The van der Waals surface area contributed by atoms with Gasteiger partial charge in [-0.15, -0.1) is 0 Å². The maximum atomic E-state index is 13.7. The van der Waals surface area contributed by atoms with Crippen molar-refractivity contribution in [1.82, 2.24) is 9.55 Å². The number of hydrogen-bond donors (Lipinski definition) is 0. The van der Waals surface area contributed by atoms with Crippen molar-refractivity contribution in [2.24, 2.45) is 0 Å². The molecule has 0 N–H and O–H groups in total. The van der Waals surface area contributed by atoms with Crippen molar-refractivity contribution >= 4 is 15.9 Å². The second-order valence-electron chi connectivity index (χ2n) is 3.85. The smallest absolute Gasteiger partial charge is 0.143 e. The van der Waals surface area contributed by atoms with Crippen molar-refractivity contribution in [2.45, 2.75) is 19.9 Å². The molecule has 16 heavy (non-hydrogen) atoms. The number of aromatic nitrogens is 2. The number of hydrogen-bond acceptors (Lipinski definition) is 1. The second-order valence-corrected chi connectivity index (χ2v) is 4.66. The molecule has 0 fully saturated rings. The highest BCUT2D eigenvalue weighted by Crippen LogP contribution is 2.28. The van der Waals surface area contributed by atoms with Gasteiger partial charge in [0, 0.05) is 6.04 Å². The minimum atomic E-state index is -0.248. The van der Waals surface area contributed by atoms with Crippen LogP contribution in [-0.2, 0) is 0 Å². The molecule has 2 aromatic rings. The van der Waals surface area contributed by atoms with Gasteiger partial charge < -0.3 is 4.57 Å². The largest absolute Gasteiger partial charge is 0.316 e. The number of nitrogens with zero attached hydrogens (tertiary/aromatic N) is 2. The summed E-state index contributed by atoms with van der Waals surface area (Å²) in [6, 6.07) is 6.90. The molecule has 1 aromatic heterocycles. The van der Waals surface area contributed by atoms with Crippen LogP contribution in [0, 0.1) is 5.82 Å². The second kappa shape index (κ2) is 4.37. The molecule has 0 aliphatic rings. The van der Waals surface area contributed by atoms with Crippen LogP contribution in [0.25, 0.3) is 11.4 Å². The van der Waals surface area contributed by atoms with E-state index in [1.807, 2.05) is 24.5 Å². The summed E-state index contributed by atoms with van der Waals surface area (Å²) in [4.78, 5) is 4.24. The van der Waals surface area contributed by atoms with E-state index in [1.165, 1.54) is 6.07 Å². The summed E-state index contributed by atoms with van der Waals surface area (Å²) in [5.74, 6) is 0.405. The van der Waals surface area contributed by atoms with E-state index in [0.717, 1.165) is 4.60 Å². The average molecular weight is 283 g/mol. The summed E-state index contributed by atoms with van der Waals surface area (Å²) in [5.41, 5.74) is 0.530. The van der Waals surface area contributed by atoms with Crippen molar-refractivity contribution in [3.63, 3.8) is 0 Å². The number of benzene rings is 1. The molecule has 84 valence electrons. The van der Waals surface area contributed by atoms with Crippen LogP contribution in [0.5, 0.6) is 0 Å². The maximum Gasteiger partial charge on any atom is 0.143 e. The zero-order chi connectivity index (χ0) is 11.7. The molecule has 1 aromatic carbocycles. The lowest BCUT2D eigenvalue weighted by atomic mass is 10.2. The molecular formula is C12H12BrFN2. The Labute approximate surface area is 102 Å². The molecule has 0 saturated heterocycles. The molecule has 4 heteroatoms. The third kappa shape index (κ3) is 1.89. The SMILES string of the molecule is CC(C)n1c(Br)cnc1-c1ccccc1F. The maximum absolute atomic E-state index is 13.7. The molecular weight excluding hydrogens is 271 g/mol. The monoisotopic (exact) mass is 282 g/mol. The fraction of sp³-hybridized carbons (Fsp3) is 0.250. The standard InChI is InChI=1S/C12H12BrFN2/c1-8(2)16-11(13)7-15-12(16)9-5-3-4-6-10(9)14/h3-8H,1-2H3. The van der Waals surface area contributed by atoms with Gasteiger partial charge >= 0.3 is 0 Å². The van der Waals surface area contributed by atoms with Crippen LogP contribution in [0.15, 0.2) is 35.1 Å². The van der Waals surface area contributed by atoms with E-state index in [2.05, 4.69) is 20.9 Å². The summed E-state index contributed by atoms with van der Waals surface area (Å²) < 4.78 is 16.5. The first-order valence-electron chi connectivity index (χ1n) is 5.09. The first-order valence-corrected chi connectivity index (χ1v) is 5.88. The van der Waals surface area contributed by atoms with Gasteiger partial charge in [0.2, 0.25) is 0 Å². The fourth-order valence-corrected chi connectivity index (χ4v) is 2.35. The predicted octanol–water partition coefficient (Wildman–Crippen LogP) is 4.03. The zero-order valence-corrected chi connectivity index (χ0v) is 10.7. The number of imidazole rings is 1. The molecule has 0 amide bonds. The van der Waals surface area contributed by atoms with E-state index in [-0.39, 0.29) is 11.9 Å². The van der Waals surface area contributed by atoms with Crippen molar-refractivity contribution in [3.8, 4) is 11.4 Å². The molecule has 2 rings (SSSR count). The van der Waals surface area contributed by atoms with Gasteiger partial charge in [-0.1, -0.05) is 12.1 Å². The Morgan fingerprint density at radius 1 is 1.31 bits per heavy atom. The van der Waals surface area contributed by atoms with E-state index >= 15 is 0 Å². The lowest BCUT2D eigenvalue weighted by Crippen LogP contribution is -2.04. The summed E-state index contributed by atoms with van der Waals surface area (Å²) in [7, 11) is 0. The molecule has 0 bridgehead atoms. The van der Waals surface area contributed by atoms with Gasteiger partial charge in [-0.25, -0.2) is 9.37 Å². The molecule has 2 nitrogen and oxygen atoms in total. The zero-order valence-electron chi connectivity index (χ0n) is 9.11. The molecule has 0 aliphatic heterocycles. The van der Waals surface area contributed by atoms with Crippen LogP contribution in [0.2, 0.25) is 0 Å². The Balaban J connectivity index is 2.61. The Bertz CT molecular complexity index is 505. The molecule has 0 aliphatic carbocycles. The number of halogens is 2. The number of rotatable bonds is 2. The first-order chi connectivity index (χ1) is 7.61. The lowest BCUT2D eigenvalue weighted by molar-refractivity contribution is 0.587. The van der Waals surface area contributed by atoms with Crippen LogP contribution in [0.3, 0.4) is 0 Å². The van der Waals surface area contributed by atoms with E-state index in [4.69, 9.17) is 0 Å². The van der Waals surface area contributed by atoms with E-state index in [1.54, 1.807) is 18.3 Å². The summed E-state index contributed by atoms with van der Waals surface area (Å²) in [6.45, 7) is 4.08. The first kappa shape index (κ1) is 11.3. The van der Waals surface area contributed by atoms with Crippen LogP contribution in [0.1, 0.15) is 19.9 Å². The predicted molar refractivity (Wildman–Crippen MR) is 65.7 cm³/mol. The van der Waals surface area contributed by atoms with Gasteiger partial charge in [0.1, 0.15) is 16.2 Å². The molecule has 0 unspecified atom stereocenters. The van der Waals surface area contributed by atoms with Crippen molar-refractivity contribution in [1.29, 1.82) is 0 Å². The highest BCUT2D eigenvalue weighted by Gasteiger charge is 2.15. The minimum Gasteiger partial charge on any atom is -0.316 e. The van der Waals surface area contributed by atoms with Gasteiger partial charge in [0.25, 0.3) is 0 Å². The highest BCUT2D eigenvalue weighted by molar-refractivity contribution is 9.10. The Hall–Kier alpha value is -1.16.